The molecule has 0 saturated heterocycles. The summed E-state index contributed by atoms with van der Waals surface area (Å²) in [5, 5.41) is 0. The van der Waals surface area contributed by atoms with Crippen LogP contribution in [0.4, 0.5) is 0 Å². The summed E-state index contributed by atoms with van der Waals surface area (Å²) >= 11 is 3.30. The molecule has 0 heterocycles. The maximum Gasteiger partial charge on any atom is 0.240 e. The second-order valence-corrected chi connectivity index (χ2v) is 7.90. The molecule has 0 aliphatic rings. The van der Waals surface area contributed by atoms with Gasteiger partial charge in [0.1, 0.15) is 0 Å². The smallest absolute Gasteiger partial charge is 0.211 e. The van der Waals surface area contributed by atoms with E-state index < -0.39 is 10.0 Å². The summed E-state index contributed by atoms with van der Waals surface area (Å²) in [6.07, 6.45) is 0.924. The second kappa shape index (κ2) is 5.72. The largest absolute Gasteiger partial charge is 0.240 e. The van der Waals surface area contributed by atoms with Crippen molar-refractivity contribution in [3.05, 3.63) is 28.2 Å². The van der Waals surface area contributed by atoms with E-state index in [4.69, 9.17) is 0 Å². The zero-order valence-corrected chi connectivity index (χ0v) is 13.7. The average Bonchev–Trinajstić information content (AvgIpc) is 2.30. The number of benzene rings is 1. The summed E-state index contributed by atoms with van der Waals surface area (Å²) in [5.41, 5.74) is 0.715. The van der Waals surface area contributed by atoms with Gasteiger partial charge in [-0.3, -0.25) is 0 Å². The molecule has 0 bridgehead atoms. The Hall–Kier alpha value is -0.390. The molecular weight excluding hydrogens is 314 g/mol. The predicted molar refractivity (Wildman–Crippen MR) is 78.1 cm³/mol. The molecule has 0 aliphatic carbocycles. The van der Waals surface area contributed by atoms with Crippen LogP contribution in [0, 0.1) is 12.3 Å². The Morgan fingerprint density at radius 1 is 1.33 bits per heavy atom. The lowest BCUT2D eigenvalue weighted by Gasteiger charge is -2.23. The van der Waals surface area contributed by atoms with Crippen molar-refractivity contribution >= 4 is 26.0 Å². The van der Waals surface area contributed by atoms with E-state index in [0.717, 1.165) is 16.5 Å². The Kier molecular flexibility index (Phi) is 4.98. The third kappa shape index (κ3) is 4.07. The maximum atomic E-state index is 12.2. The summed E-state index contributed by atoms with van der Waals surface area (Å²) in [4.78, 5) is 0.337. The summed E-state index contributed by atoms with van der Waals surface area (Å²) in [6, 6.07) is 5.27. The lowest BCUT2D eigenvalue weighted by molar-refractivity contribution is 0.350. The van der Waals surface area contributed by atoms with Crippen molar-refractivity contribution < 1.29 is 8.42 Å². The fraction of sp³-hybridized carbons (Fsp3) is 0.538. The van der Waals surface area contributed by atoms with E-state index in [-0.39, 0.29) is 5.41 Å². The van der Waals surface area contributed by atoms with Crippen molar-refractivity contribution in [3.63, 3.8) is 0 Å². The molecule has 0 aliphatic heterocycles. The number of aryl methyl sites for hydroxylation is 1. The van der Waals surface area contributed by atoms with E-state index in [1.165, 1.54) is 0 Å². The Morgan fingerprint density at radius 3 is 2.50 bits per heavy atom. The van der Waals surface area contributed by atoms with Gasteiger partial charge in [-0.15, -0.1) is 0 Å². The normalized spacial score (nSPS) is 12.7. The monoisotopic (exact) mass is 333 g/mol. The Bertz CT molecular complexity index is 524. The summed E-state index contributed by atoms with van der Waals surface area (Å²) in [5.74, 6) is 0. The topological polar surface area (TPSA) is 46.2 Å². The minimum absolute atomic E-state index is 0.0347. The number of hydrogen-bond acceptors (Lipinski definition) is 2. The first kappa shape index (κ1) is 15.7. The molecule has 0 unspecified atom stereocenters. The molecule has 102 valence electrons. The van der Waals surface area contributed by atoms with Crippen LogP contribution in [0.2, 0.25) is 0 Å². The highest BCUT2D eigenvalue weighted by atomic mass is 79.9. The molecule has 0 saturated carbocycles. The van der Waals surface area contributed by atoms with E-state index in [1.807, 2.05) is 19.9 Å². The van der Waals surface area contributed by atoms with Crippen molar-refractivity contribution in [1.29, 1.82) is 0 Å². The zero-order chi connectivity index (χ0) is 14.0. The van der Waals surface area contributed by atoms with E-state index in [1.54, 1.807) is 19.1 Å². The predicted octanol–water partition coefficient (Wildman–Crippen LogP) is 3.47. The lowest BCUT2D eigenvalue weighted by Crippen LogP contribution is -2.33. The molecule has 1 aromatic rings. The van der Waals surface area contributed by atoms with Crippen LogP contribution in [-0.4, -0.2) is 15.0 Å². The molecule has 0 fully saturated rings. The van der Waals surface area contributed by atoms with Crippen LogP contribution < -0.4 is 4.72 Å². The first-order chi connectivity index (χ1) is 8.18. The summed E-state index contributed by atoms with van der Waals surface area (Å²) < 4.78 is 27.9. The third-order valence-electron chi connectivity index (χ3n) is 3.14. The van der Waals surface area contributed by atoms with Crippen molar-refractivity contribution in [1.82, 2.24) is 4.72 Å². The minimum Gasteiger partial charge on any atom is -0.211 e. The van der Waals surface area contributed by atoms with Crippen molar-refractivity contribution in [2.45, 2.75) is 39.0 Å². The van der Waals surface area contributed by atoms with Crippen LogP contribution in [-0.2, 0) is 10.0 Å². The Balaban J connectivity index is 2.97. The minimum atomic E-state index is -3.44. The molecule has 18 heavy (non-hydrogen) atoms. The summed E-state index contributed by atoms with van der Waals surface area (Å²) in [7, 11) is -3.44. The molecule has 3 nitrogen and oxygen atoms in total. The van der Waals surface area contributed by atoms with Crippen LogP contribution in [0.25, 0.3) is 0 Å². The molecule has 5 heteroatoms. The molecule has 0 amide bonds. The Labute approximate surface area is 118 Å². The van der Waals surface area contributed by atoms with Crippen LogP contribution >= 0.6 is 15.9 Å². The fourth-order valence-electron chi connectivity index (χ4n) is 1.36. The van der Waals surface area contributed by atoms with E-state index >= 15 is 0 Å². The van der Waals surface area contributed by atoms with Crippen molar-refractivity contribution in [2.24, 2.45) is 5.41 Å². The SMILES string of the molecule is CCC(C)(C)CNS(=O)(=O)c1cc(Br)ccc1C. The average molecular weight is 334 g/mol. The van der Waals surface area contributed by atoms with Gasteiger partial charge in [-0.05, 0) is 36.5 Å². The molecule has 0 spiro atoms. The van der Waals surface area contributed by atoms with Crippen molar-refractivity contribution in [3.8, 4) is 0 Å². The van der Waals surface area contributed by atoms with Gasteiger partial charge in [0.25, 0.3) is 0 Å². The standard InChI is InChI=1S/C13H20BrNO2S/c1-5-13(3,4)9-15-18(16,17)12-8-11(14)7-6-10(12)2/h6-8,15H,5,9H2,1-4H3. The lowest BCUT2D eigenvalue weighted by atomic mass is 9.91. The van der Waals surface area contributed by atoms with Gasteiger partial charge in [-0.1, -0.05) is 42.8 Å². The molecule has 1 aromatic carbocycles. The fourth-order valence-corrected chi connectivity index (χ4v) is 3.38. The molecule has 0 radical (unpaired) electrons. The van der Waals surface area contributed by atoms with Crippen LogP contribution in [0.5, 0.6) is 0 Å². The second-order valence-electron chi connectivity index (χ2n) is 5.25. The van der Waals surface area contributed by atoms with E-state index in [2.05, 4.69) is 27.6 Å². The summed E-state index contributed by atoms with van der Waals surface area (Å²) in [6.45, 7) is 8.38. The van der Waals surface area contributed by atoms with Gasteiger partial charge in [0.2, 0.25) is 10.0 Å². The van der Waals surface area contributed by atoms with Gasteiger partial charge >= 0.3 is 0 Å². The highest BCUT2D eigenvalue weighted by molar-refractivity contribution is 9.10. The number of sulfonamides is 1. The number of hydrogen-bond donors (Lipinski definition) is 1. The highest BCUT2D eigenvalue weighted by Gasteiger charge is 2.22. The molecule has 0 atom stereocenters. The van der Waals surface area contributed by atoms with Crippen molar-refractivity contribution in [2.75, 3.05) is 6.54 Å². The van der Waals surface area contributed by atoms with Gasteiger partial charge in [0, 0.05) is 11.0 Å². The number of nitrogens with one attached hydrogen (secondary N) is 1. The first-order valence-electron chi connectivity index (χ1n) is 5.94. The molecule has 1 rings (SSSR count). The third-order valence-corrected chi connectivity index (χ3v) is 5.17. The molecule has 1 N–H and O–H groups in total. The number of halogens is 1. The van der Waals surface area contributed by atoms with Crippen LogP contribution in [0.15, 0.2) is 27.6 Å². The molecule has 0 aromatic heterocycles. The van der Waals surface area contributed by atoms with Gasteiger partial charge in [-0.2, -0.15) is 0 Å². The van der Waals surface area contributed by atoms with E-state index in [9.17, 15) is 8.42 Å². The zero-order valence-electron chi connectivity index (χ0n) is 11.2. The Morgan fingerprint density at radius 2 is 1.94 bits per heavy atom. The van der Waals surface area contributed by atoms with Gasteiger partial charge in [0.05, 0.1) is 4.90 Å². The van der Waals surface area contributed by atoms with Crippen LogP contribution in [0.1, 0.15) is 32.8 Å². The van der Waals surface area contributed by atoms with Gasteiger partial charge in [-0.25, -0.2) is 13.1 Å². The quantitative estimate of drug-likeness (QED) is 0.896. The van der Waals surface area contributed by atoms with Gasteiger partial charge < -0.3 is 0 Å². The van der Waals surface area contributed by atoms with Crippen LogP contribution in [0.3, 0.4) is 0 Å². The van der Waals surface area contributed by atoms with E-state index in [0.29, 0.717) is 11.4 Å². The highest BCUT2D eigenvalue weighted by Crippen LogP contribution is 2.22. The maximum absolute atomic E-state index is 12.2. The van der Waals surface area contributed by atoms with Gasteiger partial charge in [0.15, 0.2) is 0 Å². The number of rotatable bonds is 5. The first-order valence-corrected chi connectivity index (χ1v) is 8.21. The molecular formula is C13H20BrNO2S.